The minimum absolute atomic E-state index is 0.453. The van der Waals surface area contributed by atoms with E-state index in [1.807, 2.05) is 18.2 Å². The van der Waals surface area contributed by atoms with E-state index in [0.717, 1.165) is 37.5 Å². The molecule has 1 fully saturated rings. The summed E-state index contributed by atoms with van der Waals surface area (Å²) < 4.78 is 5.66. The summed E-state index contributed by atoms with van der Waals surface area (Å²) in [4.78, 5) is 2.33. The van der Waals surface area contributed by atoms with Gasteiger partial charge in [-0.15, -0.1) is 0 Å². The van der Waals surface area contributed by atoms with Gasteiger partial charge in [0.05, 0.1) is 17.5 Å². The van der Waals surface area contributed by atoms with Crippen LogP contribution in [-0.4, -0.2) is 25.8 Å². The molecule has 1 aromatic carbocycles. The van der Waals surface area contributed by atoms with E-state index in [4.69, 9.17) is 10.5 Å². The number of hydrogen-bond donors (Lipinski definition) is 1. The van der Waals surface area contributed by atoms with E-state index in [0.29, 0.717) is 6.10 Å². The second-order valence-corrected chi connectivity index (χ2v) is 4.56. The van der Waals surface area contributed by atoms with Crippen LogP contribution in [0.25, 0.3) is 0 Å². The van der Waals surface area contributed by atoms with E-state index >= 15 is 0 Å². The van der Waals surface area contributed by atoms with Gasteiger partial charge in [0.15, 0.2) is 0 Å². The molecule has 0 bridgehead atoms. The lowest BCUT2D eigenvalue weighted by atomic mass is 10.1. The first-order valence-electron chi connectivity index (χ1n) is 6.52. The number of hydrogen-bond acceptors (Lipinski definition) is 3. The summed E-state index contributed by atoms with van der Waals surface area (Å²) in [7, 11) is 0. The number of para-hydroxylation sites is 2. The van der Waals surface area contributed by atoms with Crippen molar-refractivity contribution in [1.82, 2.24) is 0 Å². The van der Waals surface area contributed by atoms with Gasteiger partial charge in [-0.2, -0.15) is 0 Å². The fourth-order valence-corrected chi connectivity index (χ4v) is 2.40. The summed E-state index contributed by atoms with van der Waals surface area (Å²) in [6, 6.07) is 8.07. The van der Waals surface area contributed by atoms with E-state index in [9.17, 15) is 0 Å². The smallest absolute Gasteiger partial charge is 0.0599 e. The zero-order valence-electron chi connectivity index (χ0n) is 10.6. The van der Waals surface area contributed by atoms with Crippen LogP contribution in [0.3, 0.4) is 0 Å². The van der Waals surface area contributed by atoms with E-state index in [-0.39, 0.29) is 0 Å². The van der Waals surface area contributed by atoms with Gasteiger partial charge in [-0.05, 0) is 38.3 Å². The molecule has 3 heteroatoms. The number of benzene rings is 1. The lowest BCUT2D eigenvalue weighted by Crippen LogP contribution is -2.27. The van der Waals surface area contributed by atoms with Crippen molar-refractivity contribution in [2.75, 3.05) is 30.3 Å². The number of nitrogens with two attached hydrogens (primary N) is 1. The first-order chi connectivity index (χ1) is 8.31. The molecule has 2 N–H and O–H groups in total. The third kappa shape index (κ3) is 3.13. The van der Waals surface area contributed by atoms with Gasteiger partial charge in [0.25, 0.3) is 0 Å². The first kappa shape index (κ1) is 12.2. The van der Waals surface area contributed by atoms with E-state index in [2.05, 4.69) is 17.9 Å². The maximum atomic E-state index is 6.01. The molecule has 1 heterocycles. The van der Waals surface area contributed by atoms with Crippen LogP contribution in [0.4, 0.5) is 11.4 Å². The number of ether oxygens (including phenoxy) is 1. The maximum absolute atomic E-state index is 6.01. The highest BCUT2D eigenvalue weighted by molar-refractivity contribution is 5.67. The second-order valence-electron chi connectivity index (χ2n) is 4.56. The zero-order chi connectivity index (χ0) is 12.1. The fraction of sp³-hybridized carbons (Fsp3) is 0.571. The van der Waals surface area contributed by atoms with Crippen molar-refractivity contribution in [2.45, 2.75) is 32.3 Å². The molecular weight excluding hydrogens is 212 g/mol. The molecule has 0 aliphatic carbocycles. The summed E-state index contributed by atoms with van der Waals surface area (Å²) in [5.41, 5.74) is 8.02. The Morgan fingerprint density at radius 1 is 1.41 bits per heavy atom. The summed E-state index contributed by atoms with van der Waals surface area (Å²) in [6.07, 6.45) is 3.97. The Hall–Kier alpha value is -1.22. The molecule has 1 aliphatic rings. The van der Waals surface area contributed by atoms with E-state index in [1.165, 1.54) is 12.8 Å². The molecule has 1 unspecified atom stereocenters. The molecule has 0 aromatic heterocycles. The number of nitrogen functional groups attached to an aromatic ring is 1. The van der Waals surface area contributed by atoms with E-state index < -0.39 is 0 Å². The van der Waals surface area contributed by atoms with Crippen molar-refractivity contribution in [3.63, 3.8) is 0 Å². The second kappa shape index (κ2) is 5.92. The number of nitrogens with zero attached hydrogens (tertiary/aromatic N) is 1. The molecule has 17 heavy (non-hydrogen) atoms. The Balaban J connectivity index is 1.94. The van der Waals surface area contributed by atoms with Gasteiger partial charge >= 0.3 is 0 Å². The quantitative estimate of drug-likeness (QED) is 0.796. The Morgan fingerprint density at radius 2 is 2.24 bits per heavy atom. The standard InChI is InChI=1S/C14H22N2O/c1-2-16(10-9-12-6-5-11-17-12)14-8-4-3-7-13(14)15/h3-4,7-8,12H,2,5-6,9-11,15H2,1H3. The molecule has 0 spiro atoms. The molecule has 0 saturated carbocycles. The van der Waals surface area contributed by atoms with Crippen molar-refractivity contribution in [2.24, 2.45) is 0 Å². The van der Waals surface area contributed by atoms with Gasteiger partial charge in [0, 0.05) is 19.7 Å². The van der Waals surface area contributed by atoms with Crippen LogP contribution < -0.4 is 10.6 Å². The first-order valence-corrected chi connectivity index (χ1v) is 6.52. The highest BCUT2D eigenvalue weighted by Crippen LogP contribution is 2.24. The Morgan fingerprint density at radius 3 is 2.88 bits per heavy atom. The molecule has 94 valence electrons. The van der Waals surface area contributed by atoms with Crippen molar-refractivity contribution < 1.29 is 4.74 Å². The lowest BCUT2D eigenvalue weighted by Gasteiger charge is -2.25. The van der Waals surface area contributed by atoms with Crippen LogP contribution in [0, 0.1) is 0 Å². The predicted molar refractivity (Wildman–Crippen MR) is 72.3 cm³/mol. The fourth-order valence-electron chi connectivity index (χ4n) is 2.40. The van der Waals surface area contributed by atoms with Gasteiger partial charge in [0.1, 0.15) is 0 Å². The summed E-state index contributed by atoms with van der Waals surface area (Å²) in [6.45, 7) is 5.11. The van der Waals surface area contributed by atoms with E-state index in [1.54, 1.807) is 0 Å². The summed E-state index contributed by atoms with van der Waals surface area (Å²) >= 11 is 0. The summed E-state index contributed by atoms with van der Waals surface area (Å²) in [5.74, 6) is 0. The molecular formula is C14H22N2O. The molecule has 1 atom stereocenters. The minimum atomic E-state index is 0.453. The largest absolute Gasteiger partial charge is 0.397 e. The Labute approximate surface area is 104 Å². The van der Waals surface area contributed by atoms with Gasteiger partial charge in [0.2, 0.25) is 0 Å². The minimum Gasteiger partial charge on any atom is -0.397 e. The molecule has 1 aromatic rings. The van der Waals surface area contributed by atoms with Crippen molar-refractivity contribution in [3.8, 4) is 0 Å². The van der Waals surface area contributed by atoms with Crippen molar-refractivity contribution in [3.05, 3.63) is 24.3 Å². The highest BCUT2D eigenvalue weighted by Gasteiger charge is 2.17. The Kier molecular flexibility index (Phi) is 4.26. The van der Waals surface area contributed by atoms with Crippen LogP contribution in [0.2, 0.25) is 0 Å². The monoisotopic (exact) mass is 234 g/mol. The van der Waals surface area contributed by atoms with Crippen LogP contribution in [0.15, 0.2) is 24.3 Å². The molecule has 0 radical (unpaired) electrons. The SMILES string of the molecule is CCN(CCC1CCCO1)c1ccccc1N. The average molecular weight is 234 g/mol. The number of rotatable bonds is 5. The maximum Gasteiger partial charge on any atom is 0.0599 e. The molecule has 2 rings (SSSR count). The molecule has 1 saturated heterocycles. The van der Waals surface area contributed by atoms with Gasteiger partial charge in [-0.25, -0.2) is 0 Å². The number of anilines is 2. The molecule has 1 aliphatic heterocycles. The Bertz CT molecular complexity index is 348. The van der Waals surface area contributed by atoms with Crippen molar-refractivity contribution in [1.29, 1.82) is 0 Å². The summed E-state index contributed by atoms with van der Waals surface area (Å²) in [5, 5.41) is 0. The van der Waals surface area contributed by atoms with Gasteiger partial charge < -0.3 is 15.4 Å². The third-order valence-corrected chi connectivity index (χ3v) is 3.40. The third-order valence-electron chi connectivity index (χ3n) is 3.40. The van der Waals surface area contributed by atoms with Crippen LogP contribution in [-0.2, 0) is 4.74 Å². The van der Waals surface area contributed by atoms with Gasteiger partial charge in [-0.3, -0.25) is 0 Å². The average Bonchev–Trinajstić information content (AvgIpc) is 2.85. The van der Waals surface area contributed by atoms with Gasteiger partial charge in [-0.1, -0.05) is 12.1 Å². The van der Waals surface area contributed by atoms with Crippen LogP contribution in [0.5, 0.6) is 0 Å². The molecule has 0 amide bonds. The van der Waals surface area contributed by atoms with Crippen LogP contribution >= 0.6 is 0 Å². The topological polar surface area (TPSA) is 38.5 Å². The zero-order valence-corrected chi connectivity index (χ0v) is 10.6. The normalized spacial score (nSPS) is 19.5. The molecule has 3 nitrogen and oxygen atoms in total. The van der Waals surface area contributed by atoms with Crippen molar-refractivity contribution >= 4 is 11.4 Å². The highest BCUT2D eigenvalue weighted by atomic mass is 16.5. The van der Waals surface area contributed by atoms with Crippen LogP contribution in [0.1, 0.15) is 26.2 Å². The predicted octanol–water partition coefficient (Wildman–Crippen LogP) is 2.66. The lowest BCUT2D eigenvalue weighted by molar-refractivity contribution is 0.106.